The van der Waals surface area contributed by atoms with Crippen molar-refractivity contribution < 1.29 is 9.53 Å². The quantitative estimate of drug-likeness (QED) is 0.562. The number of nitrogens with one attached hydrogen (secondary N) is 2. The Morgan fingerprint density at radius 2 is 2.13 bits per heavy atom. The second kappa shape index (κ2) is 6.79. The number of aromatic nitrogens is 1. The number of hydrogen-bond acceptors (Lipinski definition) is 3. The van der Waals surface area contributed by atoms with Gasteiger partial charge in [0, 0.05) is 22.7 Å². The van der Waals surface area contributed by atoms with Crippen LogP contribution < -0.4 is 10.2 Å². The fourth-order valence-corrected chi connectivity index (χ4v) is 2.26. The summed E-state index contributed by atoms with van der Waals surface area (Å²) in [5.74, 6) is 0.364. The molecule has 0 unspecified atom stereocenters. The standard InChI is InChI=1S/C18H17N3O2/c1-13-5-4-6-15(9-13)23-12-18(22)21-20-11-14-10-19-17-8-3-2-7-16(14)17/h2-11,19H,12H2,1H3,(H,21,22). The number of nitrogens with zero attached hydrogens (tertiary/aromatic N) is 1. The number of hydrogen-bond donors (Lipinski definition) is 2. The minimum Gasteiger partial charge on any atom is -0.484 e. The summed E-state index contributed by atoms with van der Waals surface area (Å²) in [7, 11) is 0. The Morgan fingerprint density at radius 3 is 3.00 bits per heavy atom. The summed E-state index contributed by atoms with van der Waals surface area (Å²) >= 11 is 0. The summed E-state index contributed by atoms with van der Waals surface area (Å²) in [5, 5.41) is 5.03. The Hall–Kier alpha value is -3.08. The van der Waals surface area contributed by atoms with Crippen molar-refractivity contribution in [1.29, 1.82) is 0 Å². The fourth-order valence-electron chi connectivity index (χ4n) is 2.26. The van der Waals surface area contributed by atoms with Gasteiger partial charge in [-0.1, -0.05) is 30.3 Å². The van der Waals surface area contributed by atoms with Gasteiger partial charge in [0.15, 0.2) is 6.61 Å². The molecule has 5 nitrogen and oxygen atoms in total. The minimum absolute atomic E-state index is 0.0747. The molecule has 116 valence electrons. The predicted octanol–water partition coefficient (Wildman–Crippen LogP) is 3.01. The monoisotopic (exact) mass is 307 g/mol. The Labute approximate surface area is 134 Å². The van der Waals surface area contributed by atoms with E-state index in [0.717, 1.165) is 22.0 Å². The smallest absolute Gasteiger partial charge is 0.277 e. The Bertz CT molecular complexity index is 852. The Morgan fingerprint density at radius 1 is 1.26 bits per heavy atom. The van der Waals surface area contributed by atoms with Crippen LogP contribution in [0, 0.1) is 6.92 Å². The molecule has 23 heavy (non-hydrogen) atoms. The summed E-state index contributed by atoms with van der Waals surface area (Å²) in [5.41, 5.74) is 5.49. The molecule has 1 aromatic heterocycles. The maximum atomic E-state index is 11.7. The van der Waals surface area contributed by atoms with Crippen LogP contribution in [-0.2, 0) is 4.79 Å². The molecule has 1 heterocycles. The maximum absolute atomic E-state index is 11.7. The Kier molecular flexibility index (Phi) is 4.38. The van der Waals surface area contributed by atoms with Crippen molar-refractivity contribution in [3.05, 3.63) is 65.9 Å². The molecule has 5 heteroatoms. The number of aromatic amines is 1. The number of amides is 1. The average Bonchev–Trinajstić information content (AvgIpc) is 2.97. The number of fused-ring (bicyclic) bond motifs is 1. The second-order valence-electron chi connectivity index (χ2n) is 5.19. The zero-order valence-corrected chi connectivity index (χ0v) is 12.7. The fraction of sp³-hybridized carbons (Fsp3) is 0.111. The molecule has 0 aliphatic rings. The highest BCUT2D eigenvalue weighted by molar-refractivity contribution is 5.99. The third kappa shape index (κ3) is 3.77. The highest BCUT2D eigenvalue weighted by atomic mass is 16.5. The van der Waals surface area contributed by atoms with Crippen LogP contribution in [0.25, 0.3) is 10.9 Å². The lowest BCUT2D eigenvalue weighted by molar-refractivity contribution is -0.123. The molecule has 1 amide bonds. The molecule has 2 aromatic carbocycles. The van der Waals surface area contributed by atoms with E-state index in [0.29, 0.717) is 5.75 Å². The van der Waals surface area contributed by atoms with E-state index in [1.165, 1.54) is 0 Å². The van der Waals surface area contributed by atoms with Gasteiger partial charge in [-0.3, -0.25) is 4.79 Å². The molecular formula is C18H17N3O2. The molecule has 0 aliphatic carbocycles. The zero-order chi connectivity index (χ0) is 16.1. The van der Waals surface area contributed by atoms with Gasteiger partial charge in [-0.2, -0.15) is 5.10 Å². The highest BCUT2D eigenvalue weighted by Gasteiger charge is 2.02. The zero-order valence-electron chi connectivity index (χ0n) is 12.7. The first kappa shape index (κ1) is 14.8. The van der Waals surface area contributed by atoms with E-state index in [1.54, 1.807) is 6.21 Å². The number of carbonyl (C=O) groups excluding carboxylic acids is 1. The number of carbonyl (C=O) groups is 1. The van der Waals surface area contributed by atoms with Crippen molar-refractivity contribution in [2.45, 2.75) is 6.92 Å². The van der Waals surface area contributed by atoms with Crippen molar-refractivity contribution in [2.75, 3.05) is 6.61 Å². The number of H-pyrrole nitrogens is 1. The first-order valence-corrected chi connectivity index (χ1v) is 7.30. The van der Waals surface area contributed by atoms with Crippen LogP contribution in [-0.4, -0.2) is 23.7 Å². The van der Waals surface area contributed by atoms with Gasteiger partial charge in [0.1, 0.15) is 5.75 Å². The number of benzene rings is 2. The third-order valence-corrected chi connectivity index (χ3v) is 3.37. The van der Waals surface area contributed by atoms with Crippen LogP contribution >= 0.6 is 0 Å². The van der Waals surface area contributed by atoms with Crippen molar-refractivity contribution in [1.82, 2.24) is 10.4 Å². The van der Waals surface area contributed by atoms with Gasteiger partial charge >= 0.3 is 0 Å². The minimum atomic E-state index is -0.303. The molecule has 3 aromatic rings. The van der Waals surface area contributed by atoms with E-state index in [1.807, 2.05) is 61.7 Å². The van der Waals surface area contributed by atoms with Crippen LogP contribution in [0.15, 0.2) is 59.8 Å². The normalized spacial score (nSPS) is 11.0. The largest absolute Gasteiger partial charge is 0.484 e. The molecule has 0 atom stereocenters. The van der Waals surface area contributed by atoms with Gasteiger partial charge in [-0.05, 0) is 30.7 Å². The number of rotatable bonds is 5. The predicted molar refractivity (Wildman–Crippen MR) is 90.7 cm³/mol. The molecule has 3 rings (SSSR count). The highest BCUT2D eigenvalue weighted by Crippen LogP contribution is 2.15. The van der Waals surface area contributed by atoms with Crippen molar-refractivity contribution in [3.8, 4) is 5.75 Å². The Balaban J connectivity index is 1.54. The van der Waals surface area contributed by atoms with Gasteiger partial charge in [-0.15, -0.1) is 0 Å². The van der Waals surface area contributed by atoms with Gasteiger partial charge in [0.25, 0.3) is 5.91 Å². The van der Waals surface area contributed by atoms with E-state index < -0.39 is 0 Å². The van der Waals surface area contributed by atoms with E-state index in [9.17, 15) is 4.79 Å². The van der Waals surface area contributed by atoms with Crippen LogP contribution in [0.5, 0.6) is 5.75 Å². The number of ether oxygens (including phenoxy) is 1. The summed E-state index contributed by atoms with van der Waals surface area (Å²) in [6.45, 7) is 1.90. The van der Waals surface area contributed by atoms with Gasteiger partial charge in [0.05, 0.1) is 6.21 Å². The van der Waals surface area contributed by atoms with Gasteiger partial charge in [0.2, 0.25) is 0 Å². The molecule has 0 radical (unpaired) electrons. The third-order valence-electron chi connectivity index (χ3n) is 3.37. The second-order valence-corrected chi connectivity index (χ2v) is 5.19. The molecule has 0 fully saturated rings. The molecule has 0 spiro atoms. The lowest BCUT2D eigenvalue weighted by Gasteiger charge is -2.05. The van der Waals surface area contributed by atoms with E-state index in [4.69, 9.17) is 4.74 Å². The number of hydrazone groups is 1. The average molecular weight is 307 g/mol. The first-order chi connectivity index (χ1) is 11.2. The van der Waals surface area contributed by atoms with E-state index in [2.05, 4.69) is 15.5 Å². The van der Waals surface area contributed by atoms with E-state index >= 15 is 0 Å². The molecule has 0 saturated heterocycles. The summed E-state index contributed by atoms with van der Waals surface area (Å²) in [4.78, 5) is 14.9. The molecule has 0 aliphatic heterocycles. The van der Waals surface area contributed by atoms with Crippen molar-refractivity contribution in [2.24, 2.45) is 5.10 Å². The first-order valence-electron chi connectivity index (χ1n) is 7.30. The van der Waals surface area contributed by atoms with Crippen molar-refractivity contribution >= 4 is 23.0 Å². The van der Waals surface area contributed by atoms with Gasteiger partial charge in [-0.25, -0.2) is 5.43 Å². The van der Waals surface area contributed by atoms with Crippen LogP contribution in [0.4, 0.5) is 0 Å². The number of para-hydroxylation sites is 1. The van der Waals surface area contributed by atoms with Crippen molar-refractivity contribution in [3.63, 3.8) is 0 Å². The topological polar surface area (TPSA) is 66.5 Å². The molecule has 0 saturated carbocycles. The molecule has 2 N–H and O–H groups in total. The van der Waals surface area contributed by atoms with Crippen LogP contribution in [0.2, 0.25) is 0 Å². The van der Waals surface area contributed by atoms with E-state index in [-0.39, 0.29) is 12.5 Å². The summed E-state index contributed by atoms with van der Waals surface area (Å²) in [6.07, 6.45) is 3.47. The maximum Gasteiger partial charge on any atom is 0.277 e. The molecule has 0 bridgehead atoms. The van der Waals surface area contributed by atoms with Crippen LogP contribution in [0.3, 0.4) is 0 Å². The lowest BCUT2D eigenvalue weighted by atomic mass is 10.2. The molecular weight excluding hydrogens is 290 g/mol. The summed E-state index contributed by atoms with van der Waals surface area (Å²) in [6, 6.07) is 15.5. The SMILES string of the molecule is Cc1cccc(OCC(=O)NN=Cc2c[nH]c3ccccc23)c1. The lowest BCUT2D eigenvalue weighted by Crippen LogP contribution is -2.24. The van der Waals surface area contributed by atoms with Crippen LogP contribution in [0.1, 0.15) is 11.1 Å². The summed E-state index contributed by atoms with van der Waals surface area (Å²) < 4.78 is 5.41. The van der Waals surface area contributed by atoms with Gasteiger partial charge < -0.3 is 9.72 Å². The number of aryl methyl sites for hydroxylation is 1.